The third kappa shape index (κ3) is 3.98. The number of rotatable bonds is 5. The van der Waals surface area contributed by atoms with Crippen LogP contribution in [0.3, 0.4) is 0 Å². The van der Waals surface area contributed by atoms with Crippen molar-refractivity contribution in [2.45, 2.75) is 35.6 Å². The van der Waals surface area contributed by atoms with Gasteiger partial charge in [-0.3, -0.25) is 0 Å². The van der Waals surface area contributed by atoms with Crippen molar-refractivity contribution >= 4 is 23.4 Å². The first-order chi connectivity index (χ1) is 9.60. The van der Waals surface area contributed by atoms with Crippen LogP contribution in [0.15, 0.2) is 52.3 Å². The maximum Gasteiger partial charge on any atom is 0.137 e. The van der Waals surface area contributed by atoms with E-state index in [0.717, 1.165) is 23.3 Å². The van der Waals surface area contributed by atoms with E-state index in [1.807, 2.05) is 24.3 Å². The largest absolute Gasteiger partial charge is 0.327 e. The van der Waals surface area contributed by atoms with Gasteiger partial charge in [-0.25, -0.2) is 4.39 Å². The quantitative estimate of drug-likeness (QED) is 0.849. The molecule has 0 amide bonds. The highest BCUT2D eigenvalue weighted by molar-refractivity contribution is 7.99. The minimum Gasteiger partial charge on any atom is -0.327 e. The van der Waals surface area contributed by atoms with Crippen LogP contribution in [0.1, 0.15) is 18.9 Å². The predicted molar refractivity (Wildman–Crippen MR) is 83.9 cm³/mol. The number of benzene rings is 2. The van der Waals surface area contributed by atoms with Crippen molar-refractivity contribution in [3.8, 4) is 0 Å². The number of hydrogen-bond acceptors (Lipinski definition) is 2. The SMILES string of the molecule is CCC(N)Cc1cc(Cl)ccc1Sc1ccccc1F. The third-order valence-electron chi connectivity index (χ3n) is 3.09. The topological polar surface area (TPSA) is 26.0 Å². The fraction of sp³-hybridized carbons (Fsp3) is 0.250. The molecule has 0 aliphatic heterocycles. The molecule has 2 N–H and O–H groups in total. The summed E-state index contributed by atoms with van der Waals surface area (Å²) in [7, 11) is 0. The fourth-order valence-electron chi connectivity index (χ4n) is 1.88. The first kappa shape index (κ1) is 15.4. The van der Waals surface area contributed by atoms with E-state index in [4.69, 9.17) is 17.3 Å². The monoisotopic (exact) mass is 309 g/mol. The second kappa shape index (κ2) is 7.11. The van der Waals surface area contributed by atoms with E-state index in [1.54, 1.807) is 12.1 Å². The molecule has 20 heavy (non-hydrogen) atoms. The highest BCUT2D eigenvalue weighted by Crippen LogP contribution is 2.34. The summed E-state index contributed by atoms with van der Waals surface area (Å²) in [6, 6.07) is 12.5. The molecule has 2 aromatic carbocycles. The molecular weight excluding hydrogens is 293 g/mol. The zero-order valence-corrected chi connectivity index (χ0v) is 12.8. The van der Waals surface area contributed by atoms with Crippen LogP contribution in [0.4, 0.5) is 4.39 Å². The Hall–Kier alpha value is -1.03. The fourth-order valence-corrected chi connectivity index (χ4v) is 3.03. The number of nitrogens with two attached hydrogens (primary N) is 1. The second-order valence-corrected chi connectivity index (χ2v) is 6.18. The first-order valence-electron chi connectivity index (χ1n) is 6.56. The molecule has 0 saturated heterocycles. The molecule has 0 spiro atoms. The lowest BCUT2D eigenvalue weighted by molar-refractivity contribution is 0.602. The first-order valence-corrected chi connectivity index (χ1v) is 7.76. The van der Waals surface area contributed by atoms with Crippen LogP contribution in [0.5, 0.6) is 0 Å². The van der Waals surface area contributed by atoms with Crippen molar-refractivity contribution in [1.29, 1.82) is 0 Å². The van der Waals surface area contributed by atoms with E-state index < -0.39 is 0 Å². The van der Waals surface area contributed by atoms with Crippen LogP contribution in [-0.4, -0.2) is 6.04 Å². The summed E-state index contributed by atoms with van der Waals surface area (Å²) in [6.45, 7) is 2.05. The second-order valence-electron chi connectivity index (χ2n) is 4.66. The third-order valence-corrected chi connectivity index (χ3v) is 4.49. The maximum atomic E-state index is 13.7. The summed E-state index contributed by atoms with van der Waals surface area (Å²) in [6.07, 6.45) is 1.64. The van der Waals surface area contributed by atoms with Gasteiger partial charge in [0.15, 0.2) is 0 Å². The Balaban J connectivity index is 2.29. The number of hydrogen-bond donors (Lipinski definition) is 1. The minimum absolute atomic E-state index is 0.0911. The average molecular weight is 310 g/mol. The minimum atomic E-state index is -0.210. The lowest BCUT2D eigenvalue weighted by atomic mass is 10.0. The molecule has 4 heteroatoms. The zero-order valence-electron chi connectivity index (χ0n) is 11.3. The van der Waals surface area contributed by atoms with E-state index in [1.165, 1.54) is 17.8 Å². The molecule has 2 aromatic rings. The Labute approximate surface area is 128 Å². The van der Waals surface area contributed by atoms with Crippen molar-refractivity contribution in [3.63, 3.8) is 0 Å². The summed E-state index contributed by atoms with van der Waals surface area (Å²) in [5, 5.41) is 0.682. The molecule has 0 aliphatic carbocycles. The molecule has 0 bridgehead atoms. The molecule has 1 atom stereocenters. The van der Waals surface area contributed by atoms with Gasteiger partial charge in [0.05, 0.1) is 0 Å². The summed E-state index contributed by atoms with van der Waals surface area (Å²) in [5.41, 5.74) is 7.09. The Morgan fingerprint density at radius 2 is 1.95 bits per heavy atom. The number of halogens is 2. The van der Waals surface area contributed by atoms with Crippen LogP contribution in [0.2, 0.25) is 5.02 Å². The van der Waals surface area contributed by atoms with Crippen LogP contribution in [-0.2, 0) is 6.42 Å². The van der Waals surface area contributed by atoms with Gasteiger partial charge in [0.25, 0.3) is 0 Å². The Kier molecular flexibility index (Phi) is 5.46. The molecule has 0 heterocycles. The van der Waals surface area contributed by atoms with Gasteiger partial charge in [-0.2, -0.15) is 0 Å². The summed E-state index contributed by atoms with van der Waals surface area (Å²) in [4.78, 5) is 1.62. The zero-order chi connectivity index (χ0) is 14.5. The molecule has 2 rings (SSSR count). The normalized spacial score (nSPS) is 12.4. The van der Waals surface area contributed by atoms with Gasteiger partial charge in [-0.05, 0) is 48.7 Å². The Bertz CT molecular complexity index is 588. The summed E-state index contributed by atoms with van der Waals surface area (Å²) >= 11 is 7.47. The molecule has 0 aromatic heterocycles. The van der Waals surface area contributed by atoms with Gasteiger partial charge in [-0.1, -0.05) is 42.4 Å². The molecule has 106 valence electrons. The van der Waals surface area contributed by atoms with Crippen molar-refractivity contribution in [3.05, 3.63) is 58.9 Å². The Morgan fingerprint density at radius 1 is 1.20 bits per heavy atom. The predicted octanol–water partition coefficient (Wildman–Crippen LogP) is 4.91. The smallest absolute Gasteiger partial charge is 0.137 e. The molecule has 0 fully saturated rings. The highest BCUT2D eigenvalue weighted by atomic mass is 35.5. The van der Waals surface area contributed by atoms with E-state index in [2.05, 4.69) is 6.92 Å². The van der Waals surface area contributed by atoms with Crippen molar-refractivity contribution in [1.82, 2.24) is 0 Å². The van der Waals surface area contributed by atoms with Crippen molar-refractivity contribution in [2.24, 2.45) is 5.73 Å². The van der Waals surface area contributed by atoms with E-state index in [-0.39, 0.29) is 11.9 Å². The summed E-state index contributed by atoms with van der Waals surface area (Å²) in [5.74, 6) is -0.210. The standard InChI is InChI=1S/C16H17ClFNS/c1-2-13(19)10-11-9-12(17)7-8-15(11)20-16-6-4-3-5-14(16)18/h3-9,13H,2,10,19H2,1H3. The van der Waals surface area contributed by atoms with Gasteiger partial charge >= 0.3 is 0 Å². The molecule has 1 unspecified atom stereocenters. The molecule has 1 nitrogen and oxygen atoms in total. The molecule has 0 saturated carbocycles. The van der Waals surface area contributed by atoms with Crippen LogP contribution < -0.4 is 5.73 Å². The van der Waals surface area contributed by atoms with Crippen LogP contribution >= 0.6 is 23.4 Å². The maximum absolute atomic E-state index is 13.7. The van der Waals surface area contributed by atoms with E-state index in [0.29, 0.717) is 9.92 Å². The van der Waals surface area contributed by atoms with Crippen molar-refractivity contribution < 1.29 is 4.39 Å². The van der Waals surface area contributed by atoms with Gasteiger partial charge in [0.1, 0.15) is 5.82 Å². The lowest BCUT2D eigenvalue weighted by Crippen LogP contribution is -2.21. The van der Waals surface area contributed by atoms with Gasteiger partial charge in [0, 0.05) is 20.9 Å². The highest BCUT2D eigenvalue weighted by Gasteiger charge is 2.11. The van der Waals surface area contributed by atoms with E-state index in [9.17, 15) is 4.39 Å². The molecular formula is C16H17ClFNS. The van der Waals surface area contributed by atoms with Gasteiger partial charge in [0.2, 0.25) is 0 Å². The van der Waals surface area contributed by atoms with E-state index >= 15 is 0 Å². The average Bonchev–Trinajstić information content (AvgIpc) is 2.44. The summed E-state index contributed by atoms with van der Waals surface area (Å²) < 4.78 is 13.7. The molecule has 0 aliphatic rings. The lowest BCUT2D eigenvalue weighted by Gasteiger charge is -2.14. The Morgan fingerprint density at radius 3 is 2.65 bits per heavy atom. The van der Waals surface area contributed by atoms with Crippen molar-refractivity contribution in [2.75, 3.05) is 0 Å². The molecule has 0 radical (unpaired) electrons. The van der Waals surface area contributed by atoms with Gasteiger partial charge < -0.3 is 5.73 Å². The van der Waals surface area contributed by atoms with Gasteiger partial charge in [-0.15, -0.1) is 0 Å². The van der Waals surface area contributed by atoms with Crippen LogP contribution in [0.25, 0.3) is 0 Å². The van der Waals surface area contributed by atoms with Crippen LogP contribution in [0, 0.1) is 5.82 Å².